The summed E-state index contributed by atoms with van der Waals surface area (Å²) < 4.78 is 0. The number of allylic oxidation sites excluding steroid dienone is 1. The first kappa shape index (κ1) is 13.1. The summed E-state index contributed by atoms with van der Waals surface area (Å²) >= 11 is 0. The normalized spacial score (nSPS) is 10.6. The van der Waals surface area contributed by atoms with E-state index < -0.39 is 0 Å². The third-order valence-electron chi connectivity index (χ3n) is 2.16. The van der Waals surface area contributed by atoms with Gasteiger partial charge in [-0.05, 0) is 25.7 Å². The highest BCUT2D eigenvalue weighted by atomic mass is 16.1. The Bertz CT molecular complexity index is 164. The topological polar surface area (TPSA) is 29.4 Å². The number of amides is 1. The van der Waals surface area contributed by atoms with Crippen molar-refractivity contribution in [3.8, 4) is 0 Å². The Labute approximate surface area is 87.1 Å². The van der Waals surface area contributed by atoms with Crippen LogP contribution in [0.3, 0.4) is 0 Å². The zero-order valence-corrected chi connectivity index (χ0v) is 8.95. The summed E-state index contributed by atoms with van der Waals surface area (Å²) in [5.74, 6) is 0. The van der Waals surface area contributed by atoms with Gasteiger partial charge in [0.25, 0.3) is 0 Å². The Morgan fingerprint density at radius 2 is 1.50 bits per heavy atom. The lowest BCUT2D eigenvalue weighted by atomic mass is 10.1. The van der Waals surface area contributed by atoms with Crippen LogP contribution in [0.25, 0.3) is 0 Å². The van der Waals surface area contributed by atoms with Crippen LogP contribution in [-0.2, 0) is 4.79 Å². The molecule has 0 aromatic heterocycles. The fourth-order valence-corrected chi connectivity index (χ4v) is 1.35. The highest BCUT2D eigenvalue weighted by Gasteiger charge is 1.89. The van der Waals surface area contributed by atoms with E-state index in [1.165, 1.54) is 32.1 Å². The minimum atomic E-state index is 0.593. The smallest absolute Gasteiger partial charge is 0.232 e. The van der Waals surface area contributed by atoms with Crippen molar-refractivity contribution in [1.29, 1.82) is 0 Å². The fraction of sp³-hybridized carbons (Fsp3) is 0.667. The van der Waals surface area contributed by atoms with Gasteiger partial charge in [-0.3, -0.25) is 4.79 Å². The lowest BCUT2D eigenvalue weighted by Gasteiger charge is -1.98. The number of rotatable bonds is 10. The van der Waals surface area contributed by atoms with Gasteiger partial charge < -0.3 is 0 Å². The van der Waals surface area contributed by atoms with Crippen LogP contribution >= 0.6 is 0 Å². The fourth-order valence-electron chi connectivity index (χ4n) is 1.35. The van der Waals surface area contributed by atoms with Crippen molar-refractivity contribution in [2.75, 3.05) is 0 Å². The number of aliphatic imine (C=N–C) groups is 1. The van der Waals surface area contributed by atoms with Gasteiger partial charge in [-0.1, -0.05) is 31.8 Å². The van der Waals surface area contributed by atoms with E-state index in [1.807, 2.05) is 6.08 Å². The lowest BCUT2D eigenvalue weighted by molar-refractivity contribution is -0.106. The van der Waals surface area contributed by atoms with Crippen LogP contribution in [0, 0.1) is 0 Å². The predicted molar refractivity (Wildman–Crippen MR) is 61.7 cm³/mol. The van der Waals surface area contributed by atoms with E-state index in [1.54, 1.807) is 6.21 Å². The van der Waals surface area contributed by atoms with Crippen LogP contribution < -0.4 is 0 Å². The average Bonchev–Trinajstić information content (AvgIpc) is 2.21. The summed E-state index contributed by atoms with van der Waals surface area (Å²) in [4.78, 5) is 13.3. The quantitative estimate of drug-likeness (QED) is 0.227. The molecule has 0 spiro atoms. The van der Waals surface area contributed by atoms with E-state index in [0.717, 1.165) is 19.3 Å². The second-order valence-corrected chi connectivity index (χ2v) is 3.42. The predicted octanol–water partition coefficient (Wildman–Crippen LogP) is 3.52. The number of unbranched alkanes of at least 4 members (excludes halogenated alkanes) is 7. The van der Waals surface area contributed by atoms with Gasteiger partial charge in [0, 0.05) is 6.21 Å². The molecule has 0 aliphatic carbocycles. The minimum Gasteiger partial charge on any atom is -0.276 e. The first-order valence-corrected chi connectivity index (χ1v) is 5.48. The number of hydrogen-bond acceptors (Lipinski definition) is 1. The van der Waals surface area contributed by atoms with Crippen LogP contribution in [0.4, 0.5) is 0 Å². The maximum atomic E-state index is 9.83. The molecule has 0 N–H and O–H groups in total. The highest BCUT2D eigenvalue weighted by molar-refractivity contribution is 5.68. The molecule has 2 nitrogen and oxygen atoms in total. The maximum absolute atomic E-state index is 9.83. The SMILES string of the molecule is C=CCCCCCCCCC=NC=O. The molecule has 0 bridgehead atoms. The summed E-state index contributed by atoms with van der Waals surface area (Å²) in [5, 5.41) is 0. The average molecular weight is 195 g/mol. The molecule has 14 heavy (non-hydrogen) atoms. The van der Waals surface area contributed by atoms with Gasteiger partial charge in [-0.15, -0.1) is 6.58 Å². The Morgan fingerprint density at radius 3 is 2.07 bits per heavy atom. The molecule has 0 atom stereocenters. The van der Waals surface area contributed by atoms with Crippen molar-refractivity contribution < 1.29 is 4.79 Å². The van der Waals surface area contributed by atoms with Crippen LogP contribution in [0.2, 0.25) is 0 Å². The Morgan fingerprint density at radius 1 is 0.929 bits per heavy atom. The number of carbonyl (C=O) groups excluding carboxylic acids is 1. The van der Waals surface area contributed by atoms with Crippen LogP contribution in [-0.4, -0.2) is 12.6 Å². The van der Waals surface area contributed by atoms with Gasteiger partial charge in [-0.2, -0.15) is 0 Å². The molecular formula is C12H21NO. The molecule has 0 aromatic carbocycles. The van der Waals surface area contributed by atoms with Crippen LogP contribution in [0.15, 0.2) is 17.6 Å². The Balaban J connectivity index is 2.95. The van der Waals surface area contributed by atoms with E-state index in [0.29, 0.717) is 6.41 Å². The molecule has 0 unspecified atom stereocenters. The molecular weight excluding hydrogens is 174 g/mol. The lowest BCUT2D eigenvalue weighted by Crippen LogP contribution is -1.81. The van der Waals surface area contributed by atoms with Gasteiger partial charge in [0.1, 0.15) is 0 Å². The summed E-state index contributed by atoms with van der Waals surface area (Å²) in [5.41, 5.74) is 0. The van der Waals surface area contributed by atoms with Crippen LogP contribution in [0.5, 0.6) is 0 Å². The molecule has 0 saturated heterocycles. The zero-order valence-electron chi connectivity index (χ0n) is 8.95. The van der Waals surface area contributed by atoms with Crippen molar-refractivity contribution in [1.82, 2.24) is 0 Å². The monoisotopic (exact) mass is 195 g/mol. The van der Waals surface area contributed by atoms with Gasteiger partial charge >= 0.3 is 0 Å². The molecule has 1 amide bonds. The largest absolute Gasteiger partial charge is 0.276 e. The van der Waals surface area contributed by atoms with E-state index in [2.05, 4.69) is 11.6 Å². The van der Waals surface area contributed by atoms with Crippen molar-refractivity contribution in [3.05, 3.63) is 12.7 Å². The number of hydrogen-bond donors (Lipinski definition) is 0. The van der Waals surface area contributed by atoms with Crippen LogP contribution in [0.1, 0.15) is 51.4 Å². The van der Waals surface area contributed by atoms with Gasteiger partial charge in [0.15, 0.2) is 0 Å². The summed E-state index contributed by atoms with van der Waals surface area (Å²) in [7, 11) is 0. The maximum Gasteiger partial charge on any atom is 0.232 e. The first-order chi connectivity index (χ1) is 6.91. The molecule has 0 aliphatic heterocycles. The van der Waals surface area contributed by atoms with Gasteiger partial charge in [-0.25, -0.2) is 4.99 Å². The first-order valence-electron chi connectivity index (χ1n) is 5.48. The van der Waals surface area contributed by atoms with E-state index in [4.69, 9.17) is 0 Å². The molecule has 2 heteroatoms. The summed E-state index contributed by atoms with van der Waals surface area (Å²) in [6.07, 6.45) is 14.0. The van der Waals surface area contributed by atoms with Crippen molar-refractivity contribution >= 4 is 12.6 Å². The van der Waals surface area contributed by atoms with Crippen molar-refractivity contribution in [2.24, 2.45) is 4.99 Å². The molecule has 0 aromatic rings. The van der Waals surface area contributed by atoms with Gasteiger partial charge in [0.2, 0.25) is 6.41 Å². The van der Waals surface area contributed by atoms with E-state index in [-0.39, 0.29) is 0 Å². The molecule has 0 fully saturated rings. The third-order valence-corrected chi connectivity index (χ3v) is 2.16. The highest BCUT2D eigenvalue weighted by Crippen LogP contribution is 2.07. The van der Waals surface area contributed by atoms with E-state index >= 15 is 0 Å². The third kappa shape index (κ3) is 11.1. The number of carbonyl (C=O) groups is 1. The summed E-state index contributed by atoms with van der Waals surface area (Å²) in [6.45, 7) is 3.69. The Kier molecular flexibility index (Phi) is 11.3. The molecule has 0 aliphatic rings. The molecule has 80 valence electrons. The second kappa shape index (κ2) is 12.1. The summed E-state index contributed by atoms with van der Waals surface area (Å²) in [6, 6.07) is 0. The molecule has 0 heterocycles. The van der Waals surface area contributed by atoms with E-state index in [9.17, 15) is 4.79 Å². The Hall–Kier alpha value is -0.920. The zero-order chi connectivity index (χ0) is 10.5. The minimum absolute atomic E-state index is 0.593. The molecule has 0 rings (SSSR count). The molecule has 0 radical (unpaired) electrons. The van der Waals surface area contributed by atoms with Crippen molar-refractivity contribution in [2.45, 2.75) is 51.4 Å². The van der Waals surface area contributed by atoms with Gasteiger partial charge in [0.05, 0.1) is 0 Å². The second-order valence-electron chi connectivity index (χ2n) is 3.42. The standard InChI is InChI=1S/C12H21NO/c1-2-3-4-5-6-7-8-9-10-11-13-12-14/h2,11-12H,1,3-10H2. The number of nitrogens with zero attached hydrogens (tertiary/aromatic N) is 1. The molecule has 0 saturated carbocycles. The van der Waals surface area contributed by atoms with Crippen molar-refractivity contribution in [3.63, 3.8) is 0 Å².